The number of nitrogens with zero attached hydrogens (tertiary/aromatic N) is 4. The Morgan fingerprint density at radius 3 is 2.86 bits per heavy atom. The van der Waals surface area contributed by atoms with Crippen molar-refractivity contribution < 1.29 is 0 Å². The monoisotopic (exact) mass is 281 g/mol. The Kier molecular flexibility index (Phi) is 2.57. The molecule has 1 aromatic carbocycles. The Hall–Kier alpha value is -2.63. The van der Waals surface area contributed by atoms with Gasteiger partial charge in [-0.05, 0) is 25.5 Å². The van der Waals surface area contributed by atoms with Crippen LogP contribution in [0.15, 0.2) is 35.3 Å². The second-order valence-electron chi connectivity index (χ2n) is 5.30. The maximum atomic E-state index is 12.2. The highest BCUT2D eigenvalue weighted by molar-refractivity contribution is 5.87. The fourth-order valence-corrected chi connectivity index (χ4v) is 2.73. The molecule has 0 spiro atoms. The molecule has 6 nitrogen and oxygen atoms in total. The van der Waals surface area contributed by atoms with Crippen LogP contribution in [0.5, 0.6) is 0 Å². The number of rotatable bonds is 1. The van der Waals surface area contributed by atoms with Crippen molar-refractivity contribution in [3.63, 3.8) is 0 Å². The normalized spacial score (nSPS) is 14.0. The van der Waals surface area contributed by atoms with Gasteiger partial charge >= 0.3 is 5.69 Å². The topological polar surface area (TPSA) is 64.7 Å². The molecular formula is C15H15N5O. The van der Waals surface area contributed by atoms with Crippen LogP contribution in [0.3, 0.4) is 0 Å². The van der Waals surface area contributed by atoms with Crippen LogP contribution in [0.1, 0.15) is 12.0 Å². The van der Waals surface area contributed by atoms with E-state index in [0.29, 0.717) is 12.2 Å². The molecule has 3 heterocycles. The summed E-state index contributed by atoms with van der Waals surface area (Å²) in [6.07, 6.45) is 2.71. The van der Waals surface area contributed by atoms with E-state index in [1.165, 1.54) is 5.56 Å². The first-order chi connectivity index (χ1) is 10.2. The minimum Gasteiger partial charge on any atom is -0.371 e. The molecule has 4 rings (SSSR count). The van der Waals surface area contributed by atoms with Crippen LogP contribution in [0.4, 0.5) is 5.82 Å². The van der Waals surface area contributed by atoms with Gasteiger partial charge in [0.1, 0.15) is 5.82 Å². The van der Waals surface area contributed by atoms with Gasteiger partial charge in [0.25, 0.3) is 0 Å². The third-order valence-electron chi connectivity index (χ3n) is 3.83. The summed E-state index contributed by atoms with van der Waals surface area (Å²) in [6.45, 7) is 3.62. The van der Waals surface area contributed by atoms with E-state index in [2.05, 4.69) is 15.4 Å². The molecule has 0 radical (unpaired) electrons. The summed E-state index contributed by atoms with van der Waals surface area (Å²) in [5.74, 6) is 0.828. The largest absolute Gasteiger partial charge is 0.371 e. The van der Waals surface area contributed by atoms with Gasteiger partial charge in [0.2, 0.25) is 0 Å². The summed E-state index contributed by atoms with van der Waals surface area (Å²) in [5, 5.41) is 8.58. The lowest BCUT2D eigenvalue weighted by Crippen LogP contribution is -2.31. The van der Waals surface area contributed by atoms with Gasteiger partial charge in [-0.25, -0.2) is 9.48 Å². The van der Waals surface area contributed by atoms with Crippen LogP contribution < -0.4 is 11.0 Å². The molecule has 0 amide bonds. The average Bonchev–Trinajstić information content (AvgIpc) is 2.92. The van der Waals surface area contributed by atoms with Crippen molar-refractivity contribution in [2.75, 3.05) is 11.9 Å². The van der Waals surface area contributed by atoms with E-state index in [0.717, 1.165) is 29.9 Å². The van der Waals surface area contributed by atoms with E-state index >= 15 is 0 Å². The number of benzene rings is 1. The first kappa shape index (κ1) is 12.1. The lowest BCUT2D eigenvalue weighted by atomic mass is 10.2. The number of nitrogens with one attached hydrogen (secondary N) is 1. The van der Waals surface area contributed by atoms with Crippen molar-refractivity contribution in [2.24, 2.45) is 0 Å². The Labute approximate surface area is 121 Å². The highest BCUT2D eigenvalue weighted by atomic mass is 16.1. The molecule has 21 heavy (non-hydrogen) atoms. The lowest BCUT2D eigenvalue weighted by molar-refractivity contribution is 0.599. The van der Waals surface area contributed by atoms with Gasteiger partial charge in [-0.3, -0.25) is 4.57 Å². The van der Waals surface area contributed by atoms with E-state index in [-0.39, 0.29) is 5.69 Å². The van der Waals surface area contributed by atoms with E-state index in [1.54, 1.807) is 15.4 Å². The Morgan fingerprint density at radius 1 is 1.24 bits per heavy atom. The molecule has 0 saturated carbocycles. The van der Waals surface area contributed by atoms with Gasteiger partial charge in [-0.15, -0.1) is 0 Å². The van der Waals surface area contributed by atoms with Crippen LogP contribution in [0, 0.1) is 6.92 Å². The van der Waals surface area contributed by atoms with Crippen LogP contribution in [0.25, 0.3) is 16.7 Å². The van der Waals surface area contributed by atoms with Gasteiger partial charge in [-0.2, -0.15) is 10.1 Å². The molecule has 0 fully saturated rings. The van der Waals surface area contributed by atoms with Crippen molar-refractivity contribution in [2.45, 2.75) is 19.9 Å². The number of hydrogen-bond donors (Lipinski definition) is 1. The Bertz CT molecular complexity index is 875. The Balaban J connectivity index is 1.98. The van der Waals surface area contributed by atoms with E-state index < -0.39 is 0 Å². The van der Waals surface area contributed by atoms with Crippen LogP contribution >= 0.6 is 0 Å². The minimum atomic E-state index is -0.224. The molecule has 1 aliphatic rings. The number of anilines is 1. The SMILES string of the molecule is Cc1ccc(-n2ncc3c4n(c(=O)nc32)CCCN4)cc1. The van der Waals surface area contributed by atoms with Crippen LogP contribution in [-0.4, -0.2) is 25.9 Å². The quantitative estimate of drug-likeness (QED) is 0.737. The van der Waals surface area contributed by atoms with Crippen LogP contribution in [0.2, 0.25) is 0 Å². The van der Waals surface area contributed by atoms with Crippen molar-refractivity contribution in [3.05, 3.63) is 46.5 Å². The molecule has 0 unspecified atom stereocenters. The van der Waals surface area contributed by atoms with Gasteiger partial charge in [0.05, 0.1) is 17.3 Å². The van der Waals surface area contributed by atoms with E-state index in [1.807, 2.05) is 31.2 Å². The second kappa shape index (κ2) is 4.44. The molecule has 1 N–H and O–H groups in total. The second-order valence-corrected chi connectivity index (χ2v) is 5.30. The van der Waals surface area contributed by atoms with E-state index in [4.69, 9.17) is 0 Å². The number of hydrogen-bond acceptors (Lipinski definition) is 4. The number of aromatic nitrogens is 4. The average molecular weight is 281 g/mol. The zero-order valence-corrected chi connectivity index (χ0v) is 11.7. The predicted octanol–water partition coefficient (Wildman–Crippen LogP) is 1.71. The zero-order valence-electron chi connectivity index (χ0n) is 11.7. The first-order valence-electron chi connectivity index (χ1n) is 7.03. The fourth-order valence-electron chi connectivity index (χ4n) is 2.73. The highest BCUT2D eigenvalue weighted by Gasteiger charge is 2.18. The first-order valence-corrected chi connectivity index (χ1v) is 7.03. The fraction of sp³-hybridized carbons (Fsp3) is 0.267. The van der Waals surface area contributed by atoms with E-state index in [9.17, 15) is 4.79 Å². The molecular weight excluding hydrogens is 266 g/mol. The Morgan fingerprint density at radius 2 is 2.05 bits per heavy atom. The molecule has 106 valence electrons. The summed E-state index contributed by atoms with van der Waals surface area (Å²) < 4.78 is 3.40. The van der Waals surface area contributed by atoms with Crippen molar-refractivity contribution in [1.29, 1.82) is 0 Å². The van der Waals surface area contributed by atoms with Gasteiger partial charge in [0.15, 0.2) is 5.65 Å². The summed E-state index contributed by atoms with van der Waals surface area (Å²) >= 11 is 0. The number of aryl methyl sites for hydroxylation is 1. The summed E-state index contributed by atoms with van der Waals surface area (Å²) in [7, 11) is 0. The maximum Gasteiger partial charge on any atom is 0.351 e. The molecule has 3 aromatic rings. The smallest absolute Gasteiger partial charge is 0.351 e. The molecule has 2 aromatic heterocycles. The zero-order chi connectivity index (χ0) is 14.4. The van der Waals surface area contributed by atoms with Crippen molar-refractivity contribution in [1.82, 2.24) is 19.3 Å². The predicted molar refractivity (Wildman–Crippen MR) is 81.0 cm³/mol. The van der Waals surface area contributed by atoms with Crippen molar-refractivity contribution >= 4 is 16.9 Å². The lowest BCUT2D eigenvalue weighted by Gasteiger charge is -2.19. The number of fused-ring (bicyclic) bond motifs is 3. The molecule has 0 saturated heterocycles. The standard InChI is InChI=1S/C15H15N5O/c1-10-3-5-11(6-4-10)20-14-12(9-17-20)13-16-7-2-8-19(13)15(21)18-14/h3-6,9,16H,2,7-8H2,1H3. The molecule has 0 bridgehead atoms. The summed E-state index contributed by atoms with van der Waals surface area (Å²) in [4.78, 5) is 16.4. The third-order valence-corrected chi connectivity index (χ3v) is 3.83. The molecule has 0 atom stereocenters. The van der Waals surface area contributed by atoms with Gasteiger partial charge in [-0.1, -0.05) is 17.7 Å². The summed E-state index contributed by atoms with van der Waals surface area (Å²) in [5.41, 5.74) is 2.47. The maximum absolute atomic E-state index is 12.2. The third kappa shape index (κ3) is 1.83. The van der Waals surface area contributed by atoms with Gasteiger partial charge in [0, 0.05) is 13.1 Å². The van der Waals surface area contributed by atoms with Gasteiger partial charge < -0.3 is 5.32 Å². The van der Waals surface area contributed by atoms with Crippen molar-refractivity contribution in [3.8, 4) is 5.69 Å². The molecule has 1 aliphatic heterocycles. The highest BCUT2D eigenvalue weighted by Crippen LogP contribution is 2.24. The minimum absolute atomic E-state index is 0.224. The molecule has 0 aliphatic carbocycles. The summed E-state index contributed by atoms with van der Waals surface area (Å²) in [6, 6.07) is 8.00. The van der Waals surface area contributed by atoms with Crippen LogP contribution in [-0.2, 0) is 6.54 Å². The molecule has 6 heteroatoms.